The van der Waals surface area contributed by atoms with Crippen LogP contribution in [-0.4, -0.2) is 87.9 Å². The van der Waals surface area contributed by atoms with Crippen LogP contribution in [0.4, 0.5) is 0 Å². The minimum absolute atomic E-state index is 0.142. The molecular weight excluding hydrogens is 544 g/mol. The molecule has 3 aromatic rings. The summed E-state index contributed by atoms with van der Waals surface area (Å²) >= 11 is 0. The van der Waals surface area contributed by atoms with Gasteiger partial charge in [0.05, 0.1) is 22.8 Å². The average molecular weight is 583 g/mol. The number of rotatable bonds is 11. The Morgan fingerprint density at radius 1 is 1.05 bits per heavy atom. The molecule has 12 nitrogen and oxygen atoms in total. The summed E-state index contributed by atoms with van der Waals surface area (Å²) in [5.74, 6) is 0.704. The first kappa shape index (κ1) is 29.0. The van der Waals surface area contributed by atoms with Crippen molar-refractivity contribution in [3.63, 3.8) is 0 Å². The number of aromatic nitrogens is 4. The Hall–Kier alpha value is -3.55. The van der Waals surface area contributed by atoms with E-state index in [-0.39, 0.29) is 16.2 Å². The number of H-pyrrole nitrogens is 1. The van der Waals surface area contributed by atoms with Crippen molar-refractivity contribution in [2.24, 2.45) is 5.10 Å². The Morgan fingerprint density at radius 3 is 2.54 bits per heavy atom. The Morgan fingerprint density at radius 2 is 1.85 bits per heavy atom. The maximum absolute atomic E-state index is 13.6. The van der Waals surface area contributed by atoms with Gasteiger partial charge >= 0.3 is 0 Å². The summed E-state index contributed by atoms with van der Waals surface area (Å²) < 4.78 is 36.6. The van der Waals surface area contributed by atoms with E-state index >= 15 is 0 Å². The number of benzene rings is 1. The van der Waals surface area contributed by atoms with Crippen molar-refractivity contribution < 1.29 is 13.2 Å². The first-order valence-electron chi connectivity index (χ1n) is 14.3. The SMILES string of the molecule is CCCOc1ccc(S(=O)(=O)N2CCN(CC)CC2)cc1-c1nc2c(CCC)n(CN3C=CCC=N3)nc2c(=O)[nH]1. The quantitative estimate of drug-likeness (QED) is 0.365. The topological polar surface area (TPSA) is 129 Å². The number of sulfonamides is 1. The van der Waals surface area contributed by atoms with Gasteiger partial charge in [-0.2, -0.15) is 14.5 Å². The van der Waals surface area contributed by atoms with Crippen LogP contribution in [-0.2, 0) is 23.1 Å². The molecule has 2 aliphatic rings. The lowest BCUT2D eigenvalue weighted by molar-refractivity contribution is 0.196. The predicted octanol–water partition coefficient (Wildman–Crippen LogP) is 3.02. The van der Waals surface area contributed by atoms with Crippen LogP contribution in [0.5, 0.6) is 5.75 Å². The standard InChI is InChI=1S/C28H38N8O4S/c1-4-9-23-25-26(32-36(23)20-34-13-8-7-12-29-34)28(37)31-27(30-25)22-19-21(10-11-24(22)40-18-5-2)41(38,39)35-16-14-33(6-3)15-17-35/h8,10-13,19H,4-7,9,14-18,20H2,1-3H3,(H,30,31,37). The summed E-state index contributed by atoms with van der Waals surface area (Å²) in [4.78, 5) is 23.4. The molecule has 0 bridgehead atoms. The van der Waals surface area contributed by atoms with E-state index in [9.17, 15) is 13.2 Å². The minimum Gasteiger partial charge on any atom is -0.493 e. The van der Waals surface area contributed by atoms with Crippen molar-refractivity contribution in [1.82, 2.24) is 34.0 Å². The van der Waals surface area contributed by atoms with E-state index in [0.29, 0.717) is 62.7 Å². The summed E-state index contributed by atoms with van der Waals surface area (Å²) in [6, 6.07) is 4.79. The fourth-order valence-electron chi connectivity index (χ4n) is 5.08. The molecule has 5 rings (SSSR count). The lowest BCUT2D eigenvalue weighted by atomic mass is 10.1. The van der Waals surface area contributed by atoms with Crippen molar-refractivity contribution in [3.05, 3.63) is 46.5 Å². The predicted molar refractivity (Wildman–Crippen MR) is 158 cm³/mol. The average Bonchev–Trinajstić information content (AvgIpc) is 3.33. The molecule has 1 saturated heterocycles. The number of ether oxygens (including phenoxy) is 1. The zero-order valence-electron chi connectivity index (χ0n) is 23.9. The maximum Gasteiger partial charge on any atom is 0.279 e. The Labute approximate surface area is 240 Å². The Kier molecular flexibility index (Phi) is 8.85. The third kappa shape index (κ3) is 6.07. The molecule has 1 aromatic carbocycles. The van der Waals surface area contributed by atoms with Crippen LogP contribution >= 0.6 is 0 Å². The second-order valence-electron chi connectivity index (χ2n) is 10.2. The van der Waals surface area contributed by atoms with E-state index in [1.165, 1.54) is 4.31 Å². The maximum atomic E-state index is 13.6. The highest BCUT2D eigenvalue weighted by atomic mass is 32.2. The molecule has 2 aliphatic heterocycles. The van der Waals surface area contributed by atoms with E-state index in [1.807, 2.05) is 25.4 Å². The lowest BCUT2D eigenvalue weighted by Crippen LogP contribution is -2.48. The van der Waals surface area contributed by atoms with Crippen molar-refractivity contribution in [2.45, 2.75) is 58.0 Å². The lowest BCUT2D eigenvalue weighted by Gasteiger charge is -2.33. The summed E-state index contributed by atoms with van der Waals surface area (Å²) in [5, 5.41) is 10.7. The number of hydrogen-bond acceptors (Lipinski definition) is 9. The fourth-order valence-corrected chi connectivity index (χ4v) is 6.52. The van der Waals surface area contributed by atoms with Gasteiger partial charge in [-0.05, 0) is 37.6 Å². The third-order valence-electron chi connectivity index (χ3n) is 7.30. The van der Waals surface area contributed by atoms with E-state index in [1.54, 1.807) is 27.9 Å². The molecule has 220 valence electrons. The summed E-state index contributed by atoms with van der Waals surface area (Å²) in [6.45, 7) is 10.0. The minimum atomic E-state index is -3.75. The van der Waals surface area contributed by atoms with Gasteiger partial charge in [0.2, 0.25) is 10.0 Å². The molecule has 4 heterocycles. The molecule has 0 radical (unpaired) electrons. The largest absolute Gasteiger partial charge is 0.493 e. The van der Waals surface area contributed by atoms with E-state index in [4.69, 9.17) is 9.72 Å². The monoisotopic (exact) mass is 582 g/mol. The molecule has 0 atom stereocenters. The fraction of sp³-hybridized carbons (Fsp3) is 0.500. The number of hydrogen-bond donors (Lipinski definition) is 1. The first-order chi connectivity index (χ1) is 19.8. The second kappa shape index (κ2) is 12.5. The van der Waals surface area contributed by atoms with Gasteiger partial charge in [0, 0.05) is 45.0 Å². The number of aromatic amines is 1. The molecular formula is C28H38N8O4S. The number of likely N-dealkylation sites (N-methyl/N-ethyl adjacent to an activating group) is 1. The molecule has 0 unspecified atom stereocenters. The third-order valence-corrected chi connectivity index (χ3v) is 9.19. The summed E-state index contributed by atoms with van der Waals surface area (Å²) in [6.07, 6.45) is 8.73. The molecule has 1 N–H and O–H groups in total. The van der Waals surface area contributed by atoms with Gasteiger partial charge in [-0.1, -0.05) is 33.3 Å². The van der Waals surface area contributed by atoms with Crippen LogP contribution in [0.3, 0.4) is 0 Å². The van der Waals surface area contributed by atoms with Crippen LogP contribution < -0.4 is 10.3 Å². The van der Waals surface area contributed by atoms with E-state index in [2.05, 4.69) is 33.9 Å². The van der Waals surface area contributed by atoms with Crippen molar-refractivity contribution in [3.8, 4) is 17.1 Å². The molecule has 0 aliphatic carbocycles. The highest BCUT2D eigenvalue weighted by molar-refractivity contribution is 7.89. The Balaban J connectivity index is 1.58. The van der Waals surface area contributed by atoms with Crippen LogP contribution in [0.2, 0.25) is 0 Å². The second-order valence-corrected chi connectivity index (χ2v) is 12.1. The number of hydrazone groups is 1. The zero-order valence-corrected chi connectivity index (χ0v) is 24.7. The van der Waals surface area contributed by atoms with Gasteiger partial charge in [-0.25, -0.2) is 18.1 Å². The molecule has 13 heteroatoms. The van der Waals surface area contributed by atoms with Crippen molar-refractivity contribution in [2.75, 3.05) is 39.3 Å². The molecule has 0 amide bonds. The molecule has 41 heavy (non-hydrogen) atoms. The van der Waals surface area contributed by atoms with Crippen LogP contribution in [0.15, 0.2) is 45.3 Å². The van der Waals surface area contributed by atoms with Gasteiger partial charge in [-0.15, -0.1) is 0 Å². The van der Waals surface area contributed by atoms with Gasteiger partial charge in [0.25, 0.3) is 5.56 Å². The number of aryl methyl sites for hydroxylation is 1. The number of nitrogens with zero attached hydrogens (tertiary/aromatic N) is 7. The smallest absolute Gasteiger partial charge is 0.279 e. The van der Waals surface area contributed by atoms with Gasteiger partial charge in [0.15, 0.2) is 5.52 Å². The number of allylic oxidation sites excluding steroid dienone is 1. The number of fused-ring (bicyclic) bond motifs is 1. The number of piperazine rings is 1. The highest BCUT2D eigenvalue weighted by Gasteiger charge is 2.29. The molecule has 1 fully saturated rings. The van der Waals surface area contributed by atoms with Gasteiger partial charge in [-0.3, -0.25) is 9.80 Å². The Bertz CT molecular complexity index is 1590. The molecule has 2 aromatic heterocycles. The van der Waals surface area contributed by atoms with E-state index < -0.39 is 15.6 Å². The van der Waals surface area contributed by atoms with Crippen molar-refractivity contribution >= 4 is 27.3 Å². The summed E-state index contributed by atoms with van der Waals surface area (Å²) in [5.41, 5.74) is 1.56. The van der Waals surface area contributed by atoms with Crippen LogP contribution in [0, 0.1) is 0 Å². The number of nitrogens with one attached hydrogen (secondary N) is 1. The van der Waals surface area contributed by atoms with Gasteiger partial charge in [0.1, 0.15) is 23.8 Å². The normalized spacial score (nSPS) is 16.6. The van der Waals surface area contributed by atoms with Crippen molar-refractivity contribution in [1.29, 1.82) is 0 Å². The van der Waals surface area contributed by atoms with Gasteiger partial charge < -0.3 is 14.6 Å². The summed E-state index contributed by atoms with van der Waals surface area (Å²) in [7, 11) is -3.75. The van der Waals surface area contributed by atoms with E-state index in [0.717, 1.165) is 31.5 Å². The first-order valence-corrected chi connectivity index (χ1v) is 15.7. The van der Waals surface area contributed by atoms with Crippen LogP contribution in [0.1, 0.15) is 45.7 Å². The molecule has 0 saturated carbocycles. The highest BCUT2D eigenvalue weighted by Crippen LogP contribution is 2.32. The van der Waals surface area contributed by atoms with Crippen LogP contribution in [0.25, 0.3) is 22.4 Å². The molecule has 0 spiro atoms. The zero-order chi connectivity index (χ0) is 29.0.